The molecule has 0 amide bonds. The minimum atomic E-state index is -3.48. The molecule has 0 aliphatic rings. The van der Waals surface area contributed by atoms with Crippen LogP contribution in [0.5, 0.6) is 0 Å². The van der Waals surface area contributed by atoms with Crippen LogP contribution in [0.15, 0.2) is 76.5 Å². The normalized spacial score (nSPS) is 11.2. The van der Waals surface area contributed by atoms with Crippen LogP contribution < -0.4 is 5.32 Å². The number of hydrogen-bond donors (Lipinski definition) is 1. The lowest BCUT2D eigenvalue weighted by Crippen LogP contribution is -2.06. The van der Waals surface area contributed by atoms with Gasteiger partial charge in [-0.25, -0.2) is 8.42 Å². The van der Waals surface area contributed by atoms with Gasteiger partial charge in [-0.1, -0.05) is 42.5 Å². The lowest BCUT2D eigenvalue weighted by Gasteiger charge is -2.07. The Balaban J connectivity index is 0.00000192. The predicted molar refractivity (Wildman–Crippen MR) is 98.9 cm³/mol. The number of halogens is 1. The summed E-state index contributed by atoms with van der Waals surface area (Å²) in [6, 6.07) is 20.0. The van der Waals surface area contributed by atoms with E-state index in [2.05, 4.69) is 5.32 Å². The molecule has 0 saturated heterocycles. The van der Waals surface area contributed by atoms with Crippen LogP contribution in [0.4, 0.5) is 0 Å². The molecule has 0 fully saturated rings. The molecule has 0 saturated carbocycles. The zero-order chi connectivity index (χ0) is 15.6. The molecule has 0 aliphatic carbocycles. The van der Waals surface area contributed by atoms with E-state index in [0.29, 0.717) is 9.79 Å². The highest BCUT2D eigenvalue weighted by atomic mass is 79.9. The second kappa shape index (κ2) is 7.25. The fourth-order valence-corrected chi connectivity index (χ4v) is 3.76. The van der Waals surface area contributed by atoms with E-state index in [0.717, 1.165) is 22.9 Å². The summed E-state index contributed by atoms with van der Waals surface area (Å²) in [5.74, 6) is 0. The molecule has 0 unspecified atom stereocenters. The molecule has 120 valence electrons. The SMILES string of the molecule is Br.CNCc1ccc(S(=O)(=O)c2ccc3ccccc3c2)cc1. The highest BCUT2D eigenvalue weighted by Gasteiger charge is 2.17. The van der Waals surface area contributed by atoms with E-state index < -0.39 is 9.84 Å². The number of nitrogens with one attached hydrogen (secondary N) is 1. The van der Waals surface area contributed by atoms with Crippen molar-refractivity contribution < 1.29 is 8.42 Å². The monoisotopic (exact) mass is 391 g/mol. The van der Waals surface area contributed by atoms with Gasteiger partial charge in [0.05, 0.1) is 9.79 Å². The van der Waals surface area contributed by atoms with Gasteiger partial charge in [0.15, 0.2) is 0 Å². The van der Waals surface area contributed by atoms with Crippen LogP contribution in [-0.2, 0) is 16.4 Å². The van der Waals surface area contributed by atoms with Crippen LogP contribution in [0.3, 0.4) is 0 Å². The second-order valence-corrected chi connectivity index (χ2v) is 7.14. The first-order valence-electron chi connectivity index (χ1n) is 7.09. The summed E-state index contributed by atoms with van der Waals surface area (Å²) in [4.78, 5) is 0.648. The molecule has 1 N–H and O–H groups in total. The van der Waals surface area contributed by atoms with E-state index in [9.17, 15) is 8.42 Å². The third-order valence-electron chi connectivity index (χ3n) is 3.65. The lowest BCUT2D eigenvalue weighted by atomic mass is 10.1. The molecule has 0 radical (unpaired) electrons. The maximum absolute atomic E-state index is 12.7. The van der Waals surface area contributed by atoms with Gasteiger partial charge < -0.3 is 5.32 Å². The van der Waals surface area contributed by atoms with Crippen LogP contribution in [0.1, 0.15) is 5.56 Å². The Kier molecular flexibility index (Phi) is 5.57. The van der Waals surface area contributed by atoms with E-state index in [1.54, 1.807) is 24.3 Å². The fraction of sp³-hybridized carbons (Fsp3) is 0.111. The Morgan fingerprint density at radius 3 is 2.09 bits per heavy atom. The predicted octanol–water partition coefficient (Wildman–Crippen LogP) is 3.97. The summed E-state index contributed by atoms with van der Waals surface area (Å²) in [6.45, 7) is 0.719. The van der Waals surface area contributed by atoms with Crippen LogP contribution in [0.2, 0.25) is 0 Å². The number of sulfone groups is 1. The average molecular weight is 392 g/mol. The van der Waals surface area contributed by atoms with Crippen LogP contribution in [0.25, 0.3) is 10.8 Å². The fourth-order valence-electron chi connectivity index (χ4n) is 2.46. The molecular formula is C18H18BrNO2S. The van der Waals surface area contributed by atoms with Crippen molar-refractivity contribution in [3.63, 3.8) is 0 Å². The Hall–Kier alpha value is -1.69. The summed E-state index contributed by atoms with van der Waals surface area (Å²) in [5, 5.41) is 5.00. The first-order chi connectivity index (χ1) is 10.6. The van der Waals surface area contributed by atoms with E-state index in [1.807, 2.05) is 49.5 Å². The average Bonchev–Trinajstić information content (AvgIpc) is 2.55. The largest absolute Gasteiger partial charge is 0.316 e. The van der Waals surface area contributed by atoms with Gasteiger partial charge in [0.25, 0.3) is 0 Å². The van der Waals surface area contributed by atoms with Gasteiger partial charge in [-0.15, -0.1) is 17.0 Å². The van der Waals surface area contributed by atoms with Gasteiger partial charge in [0.1, 0.15) is 0 Å². The summed E-state index contributed by atoms with van der Waals surface area (Å²) in [5.41, 5.74) is 1.06. The highest BCUT2D eigenvalue weighted by Crippen LogP contribution is 2.25. The first-order valence-corrected chi connectivity index (χ1v) is 8.57. The maximum Gasteiger partial charge on any atom is 0.206 e. The van der Waals surface area contributed by atoms with Crippen molar-refractivity contribution in [3.05, 3.63) is 72.3 Å². The van der Waals surface area contributed by atoms with Gasteiger partial charge in [0.2, 0.25) is 9.84 Å². The van der Waals surface area contributed by atoms with Crippen molar-refractivity contribution in [1.29, 1.82) is 0 Å². The second-order valence-electron chi connectivity index (χ2n) is 5.19. The number of benzene rings is 3. The van der Waals surface area contributed by atoms with Crippen molar-refractivity contribution in [2.24, 2.45) is 0 Å². The summed E-state index contributed by atoms with van der Waals surface area (Å²) < 4.78 is 25.5. The molecular weight excluding hydrogens is 374 g/mol. The van der Waals surface area contributed by atoms with Gasteiger partial charge in [-0.05, 0) is 47.6 Å². The van der Waals surface area contributed by atoms with Gasteiger partial charge in [0, 0.05) is 6.54 Å². The van der Waals surface area contributed by atoms with Crippen molar-refractivity contribution >= 4 is 37.6 Å². The molecule has 3 aromatic carbocycles. The number of fused-ring (bicyclic) bond motifs is 1. The van der Waals surface area contributed by atoms with E-state index in [4.69, 9.17) is 0 Å². The summed E-state index contributed by atoms with van der Waals surface area (Å²) >= 11 is 0. The van der Waals surface area contributed by atoms with Crippen LogP contribution in [-0.4, -0.2) is 15.5 Å². The van der Waals surface area contributed by atoms with Gasteiger partial charge in [-0.2, -0.15) is 0 Å². The summed E-state index contributed by atoms with van der Waals surface area (Å²) in [6.07, 6.45) is 0. The standard InChI is InChI=1S/C18H17NO2S.BrH/c1-19-13-14-6-9-17(10-7-14)22(20,21)18-11-8-15-4-2-3-5-16(15)12-18;/h2-12,19H,13H2,1H3;1H. The van der Waals surface area contributed by atoms with E-state index in [-0.39, 0.29) is 17.0 Å². The highest BCUT2D eigenvalue weighted by molar-refractivity contribution is 8.93. The molecule has 0 atom stereocenters. The molecule has 3 aromatic rings. The smallest absolute Gasteiger partial charge is 0.206 e. The number of hydrogen-bond acceptors (Lipinski definition) is 3. The Morgan fingerprint density at radius 1 is 0.826 bits per heavy atom. The molecule has 0 aromatic heterocycles. The molecule has 3 rings (SSSR count). The van der Waals surface area contributed by atoms with Crippen molar-refractivity contribution in [1.82, 2.24) is 5.32 Å². The topological polar surface area (TPSA) is 46.2 Å². The van der Waals surface area contributed by atoms with Crippen molar-refractivity contribution in [2.45, 2.75) is 16.3 Å². The lowest BCUT2D eigenvalue weighted by molar-refractivity contribution is 0.596. The quantitative estimate of drug-likeness (QED) is 0.731. The summed E-state index contributed by atoms with van der Waals surface area (Å²) in [7, 11) is -1.62. The molecule has 0 bridgehead atoms. The minimum absolute atomic E-state index is 0. The Bertz CT molecular complexity index is 906. The van der Waals surface area contributed by atoms with Crippen LogP contribution >= 0.6 is 17.0 Å². The van der Waals surface area contributed by atoms with Gasteiger partial charge in [-0.3, -0.25) is 0 Å². The van der Waals surface area contributed by atoms with Crippen LogP contribution in [0, 0.1) is 0 Å². The Labute approximate surface area is 147 Å². The molecule has 5 heteroatoms. The third-order valence-corrected chi connectivity index (χ3v) is 5.41. The van der Waals surface area contributed by atoms with E-state index in [1.165, 1.54) is 0 Å². The zero-order valence-electron chi connectivity index (χ0n) is 12.7. The molecule has 0 aliphatic heterocycles. The molecule has 3 nitrogen and oxygen atoms in total. The minimum Gasteiger partial charge on any atom is -0.316 e. The van der Waals surface area contributed by atoms with E-state index >= 15 is 0 Å². The molecule has 0 spiro atoms. The van der Waals surface area contributed by atoms with Crippen molar-refractivity contribution in [3.8, 4) is 0 Å². The third kappa shape index (κ3) is 3.63. The maximum atomic E-state index is 12.7. The number of rotatable bonds is 4. The van der Waals surface area contributed by atoms with Gasteiger partial charge >= 0.3 is 0 Å². The zero-order valence-corrected chi connectivity index (χ0v) is 15.2. The molecule has 0 heterocycles. The Morgan fingerprint density at radius 2 is 1.43 bits per heavy atom. The van der Waals surface area contributed by atoms with Crippen molar-refractivity contribution in [2.75, 3.05) is 7.05 Å². The molecule has 23 heavy (non-hydrogen) atoms. The first kappa shape index (κ1) is 17.7.